The number of aliphatic hydroxyl groups excluding tert-OH is 1. The third-order valence-electron chi connectivity index (χ3n) is 2.73. The zero-order valence-electron chi connectivity index (χ0n) is 9.38. The fourth-order valence-corrected chi connectivity index (χ4v) is 1.95. The lowest BCUT2D eigenvalue weighted by Crippen LogP contribution is -1.99. The predicted octanol–water partition coefficient (Wildman–Crippen LogP) is 3.40. The Bertz CT molecular complexity index is 473. The number of hydrogen-bond donors (Lipinski definition) is 1. The quantitative estimate of drug-likeness (QED) is 0.898. The first-order valence-corrected chi connectivity index (χ1v) is 5.96. The molecule has 0 fully saturated rings. The van der Waals surface area contributed by atoms with Gasteiger partial charge < -0.3 is 5.11 Å². The van der Waals surface area contributed by atoms with E-state index < -0.39 is 6.10 Å². The molecule has 1 aromatic heterocycles. The minimum Gasteiger partial charge on any atom is -0.388 e. The van der Waals surface area contributed by atoms with Crippen molar-refractivity contribution in [3.63, 3.8) is 0 Å². The molecule has 0 radical (unpaired) electrons. The van der Waals surface area contributed by atoms with E-state index in [0.717, 1.165) is 17.5 Å². The highest BCUT2D eigenvalue weighted by atomic mass is 35.5. The van der Waals surface area contributed by atoms with E-state index in [0.29, 0.717) is 11.4 Å². The molecule has 0 amide bonds. The van der Waals surface area contributed by atoms with Crippen LogP contribution in [0.15, 0.2) is 48.8 Å². The van der Waals surface area contributed by atoms with Crippen molar-refractivity contribution in [3.05, 3.63) is 64.9 Å². The molecular formula is C14H14ClNO. The lowest BCUT2D eigenvalue weighted by molar-refractivity contribution is 0.168. The van der Waals surface area contributed by atoms with Crippen molar-refractivity contribution in [1.29, 1.82) is 0 Å². The average Bonchev–Trinajstić information content (AvgIpc) is 2.38. The van der Waals surface area contributed by atoms with Gasteiger partial charge in [-0.25, -0.2) is 0 Å². The molecule has 2 rings (SSSR count). The second-order valence-corrected chi connectivity index (χ2v) is 4.34. The Hall–Kier alpha value is -1.38. The SMILES string of the molecule is OC(CCc1ccncc1Cl)c1ccccc1. The molecule has 2 nitrogen and oxygen atoms in total. The topological polar surface area (TPSA) is 33.1 Å². The van der Waals surface area contributed by atoms with Crippen molar-refractivity contribution in [3.8, 4) is 0 Å². The summed E-state index contributed by atoms with van der Waals surface area (Å²) in [5.41, 5.74) is 1.97. The van der Waals surface area contributed by atoms with Gasteiger partial charge >= 0.3 is 0 Å². The van der Waals surface area contributed by atoms with Gasteiger partial charge in [0.1, 0.15) is 0 Å². The van der Waals surface area contributed by atoms with Gasteiger partial charge in [0.25, 0.3) is 0 Å². The van der Waals surface area contributed by atoms with E-state index in [1.807, 2.05) is 36.4 Å². The van der Waals surface area contributed by atoms with Crippen LogP contribution in [0.1, 0.15) is 23.7 Å². The summed E-state index contributed by atoms with van der Waals surface area (Å²) in [5.74, 6) is 0. The summed E-state index contributed by atoms with van der Waals surface area (Å²) < 4.78 is 0. The molecule has 0 saturated heterocycles. The molecule has 1 unspecified atom stereocenters. The van der Waals surface area contributed by atoms with Gasteiger partial charge in [0.05, 0.1) is 11.1 Å². The number of halogens is 1. The van der Waals surface area contributed by atoms with Crippen LogP contribution in [-0.4, -0.2) is 10.1 Å². The largest absolute Gasteiger partial charge is 0.388 e. The Morgan fingerprint density at radius 3 is 2.65 bits per heavy atom. The maximum Gasteiger partial charge on any atom is 0.0793 e. The molecule has 0 aliphatic carbocycles. The van der Waals surface area contributed by atoms with Crippen LogP contribution in [0.2, 0.25) is 5.02 Å². The maximum atomic E-state index is 10.0. The minimum absolute atomic E-state index is 0.444. The van der Waals surface area contributed by atoms with Crippen molar-refractivity contribution in [1.82, 2.24) is 4.98 Å². The number of aryl methyl sites for hydroxylation is 1. The third-order valence-corrected chi connectivity index (χ3v) is 3.07. The molecule has 0 aliphatic rings. The van der Waals surface area contributed by atoms with Gasteiger partial charge in [-0.15, -0.1) is 0 Å². The number of aromatic nitrogens is 1. The molecule has 1 atom stereocenters. The Labute approximate surface area is 106 Å². The summed E-state index contributed by atoms with van der Waals surface area (Å²) in [7, 11) is 0. The van der Waals surface area contributed by atoms with E-state index in [4.69, 9.17) is 11.6 Å². The molecular weight excluding hydrogens is 234 g/mol. The van der Waals surface area contributed by atoms with Crippen LogP contribution in [-0.2, 0) is 6.42 Å². The van der Waals surface area contributed by atoms with Crippen LogP contribution in [0.25, 0.3) is 0 Å². The van der Waals surface area contributed by atoms with E-state index in [-0.39, 0.29) is 0 Å². The van der Waals surface area contributed by atoms with Crippen molar-refractivity contribution in [2.24, 2.45) is 0 Å². The average molecular weight is 248 g/mol. The number of benzene rings is 1. The smallest absolute Gasteiger partial charge is 0.0793 e. The molecule has 2 aromatic rings. The molecule has 0 bridgehead atoms. The van der Waals surface area contributed by atoms with Gasteiger partial charge in [-0.3, -0.25) is 4.98 Å². The van der Waals surface area contributed by atoms with E-state index in [9.17, 15) is 5.11 Å². The number of pyridine rings is 1. The van der Waals surface area contributed by atoms with Crippen LogP contribution in [0.5, 0.6) is 0 Å². The lowest BCUT2D eigenvalue weighted by Gasteiger charge is -2.11. The van der Waals surface area contributed by atoms with E-state index in [2.05, 4.69) is 4.98 Å². The first kappa shape index (κ1) is 12.1. The summed E-state index contributed by atoms with van der Waals surface area (Å²) >= 11 is 6.01. The van der Waals surface area contributed by atoms with E-state index in [1.54, 1.807) is 12.4 Å². The number of nitrogens with zero attached hydrogens (tertiary/aromatic N) is 1. The summed E-state index contributed by atoms with van der Waals surface area (Å²) in [6.45, 7) is 0. The molecule has 1 aromatic carbocycles. The highest BCUT2D eigenvalue weighted by molar-refractivity contribution is 6.31. The van der Waals surface area contributed by atoms with Crippen LogP contribution in [0.3, 0.4) is 0 Å². The second-order valence-electron chi connectivity index (χ2n) is 3.93. The second kappa shape index (κ2) is 5.80. The number of hydrogen-bond acceptors (Lipinski definition) is 2. The van der Waals surface area contributed by atoms with Crippen LogP contribution in [0, 0.1) is 0 Å². The van der Waals surface area contributed by atoms with Gasteiger partial charge in [0.15, 0.2) is 0 Å². The Morgan fingerprint density at radius 2 is 1.94 bits per heavy atom. The van der Waals surface area contributed by atoms with Gasteiger partial charge in [0.2, 0.25) is 0 Å². The molecule has 1 N–H and O–H groups in total. The normalized spacial score (nSPS) is 12.4. The van der Waals surface area contributed by atoms with Gasteiger partial charge in [-0.05, 0) is 30.0 Å². The highest BCUT2D eigenvalue weighted by Crippen LogP contribution is 2.21. The number of aliphatic hydroxyl groups is 1. The Morgan fingerprint density at radius 1 is 1.18 bits per heavy atom. The third kappa shape index (κ3) is 3.29. The molecule has 17 heavy (non-hydrogen) atoms. The molecule has 3 heteroatoms. The van der Waals surface area contributed by atoms with Crippen molar-refractivity contribution in [2.45, 2.75) is 18.9 Å². The van der Waals surface area contributed by atoms with Crippen molar-refractivity contribution in [2.75, 3.05) is 0 Å². The van der Waals surface area contributed by atoms with Gasteiger partial charge in [-0.2, -0.15) is 0 Å². The summed E-state index contributed by atoms with van der Waals surface area (Å²) in [6, 6.07) is 11.5. The van der Waals surface area contributed by atoms with Gasteiger partial charge in [-0.1, -0.05) is 41.9 Å². The molecule has 1 heterocycles. The van der Waals surface area contributed by atoms with Crippen molar-refractivity contribution < 1.29 is 5.11 Å². The lowest BCUT2D eigenvalue weighted by atomic mass is 10.0. The number of rotatable bonds is 4. The monoisotopic (exact) mass is 247 g/mol. The van der Waals surface area contributed by atoms with Crippen molar-refractivity contribution >= 4 is 11.6 Å². The summed E-state index contributed by atoms with van der Waals surface area (Å²) in [5, 5.41) is 10.7. The first-order valence-electron chi connectivity index (χ1n) is 5.59. The highest BCUT2D eigenvalue weighted by Gasteiger charge is 2.08. The minimum atomic E-state index is -0.444. The van der Waals surface area contributed by atoms with Crippen LogP contribution >= 0.6 is 11.6 Å². The summed E-state index contributed by atoms with van der Waals surface area (Å²) in [6.07, 6.45) is 4.31. The molecule has 88 valence electrons. The molecule has 0 spiro atoms. The zero-order valence-corrected chi connectivity index (χ0v) is 10.1. The van der Waals surface area contributed by atoms with E-state index in [1.165, 1.54) is 0 Å². The Kier molecular flexibility index (Phi) is 4.13. The standard InChI is InChI=1S/C14H14ClNO/c15-13-10-16-9-8-11(13)6-7-14(17)12-4-2-1-3-5-12/h1-5,8-10,14,17H,6-7H2. The Balaban J connectivity index is 1.97. The fraction of sp³-hybridized carbons (Fsp3) is 0.214. The first-order chi connectivity index (χ1) is 8.27. The maximum absolute atomic E-state index is 10.0. The molecule has 0 saturated carbocycles. The van der Waals surface area contributed by atoms with Crippen LogP contribution in [0.4, 0.5) is 0 Å². The van der Waals surface area contributed by atoms with Crippen LogP contribution < -0.4 is 0 Å². The molecule has 0 aliphatic heterocycles. The van der Waals surface area contributed by atoms with Gasteiger partial charge in [0, 0.05) is 12.4 Å². The van der Waals surface area contributed by atoms with E-state index >= 15 is 0 Å². The predicted molar refractivity (Wildman–Crippen MR) is 69.0 cm³/mol. The zero-order chi connectivity index (χ0) is 12.1. The fourth-order valence-electron chi connectivity index (χ4n) is 1.74. The summed E-state index contributed by atoms with van der Waals surface area (Å²) in [4.78, 5) is 3.94.